The average molecular weight is 292 g/mol. The number of hydrogen-bond acceptors (Lipinski definition) is 3. The van der Waals surface area contributed by atoms with Gasteiger partial charge in [0.25, 0.3) is 0 Å². The predicted molar refractivity (Wildman–Crippen MR) is 84.1 cm³/mol. The van der Waals surface area contributed by atoms with Gasteiger partial charge in [0.2, 0.25) is 5.91 Å². The van der Waals surface area contributed by atoms with Gasteiger partial charge in [0.15, 0.2) is 0 Å². The van der Waals surface area contributed by atoms with E-state index < -0.39 is 0 Å². The molecule has 21 heavy (non-hydrogen) atoms. The van der Waals surface area contributed by atoms with Crippen molar-refractivity contribution in [1.29, 1.82) is 0 Å². The van der Waals surface area contributed by atoms with Crippen LogP contribution >= 0.6 is 0 Å². The fraction of sp³-hybridized carbons (Fsp3) is 0.750. The second-order valence-corrected chi connectivity index (χ2v) is 6.46. The Kier molecular flexibility index (Phi) is 5.04. The molecule has 0 aliphatic carbocycles. The maximum absolute atomic E-state index is 12.4. The van der Waals surface area contributed by atoms with Crippen molar-refractivity contribution in [1.82, 2.24) is 20.4 Å². The maximum Gasteiger partial charge on any atom is 0.223 e. The zero-order valence-electron chi connectivity index (χ0n) is 13.9. The topological polar surface area (TPSA) is 59.0 Å². The molecule has 0 radical (unpaired) electrons. The third-order valence-electron chi connectivity index (χ3n) is 4.77. The molecule has 1 fully saturated rings. The van der Waals surface area contributed by atoms with E-state index in [4.69, 9.17) is 0 Å². The van der Waals surface area contributed by atoms with Crippen LogP contribution in [0.1, 0.15) is 37.2 Å². The van der Waals surface area contributed by atoms with E-state index in [2.05, 4.69) is 29.6 Å². The smallest absolute Gasteiger partial charge is 0.223 e. The molecular weight excluding hydrogens is 264 g/mol. The molecule has 0 spiro atoms. The first-order chi connectivity index (χ1) is 9.90. The molecule has 1 saturated heterocycles. The lowest BCUT2D eigenvalue weighted by atomic mass is 9.93. The first kappa shape index (κ1) is 16.0. The molecule has 1 aliphatic rings. The molecule has 2 N–H and O–H groups in total. The van der Waals surface area contributed by atoms with Crippen molar-refractivity contribution in [3.8, 4) is 0 Å². The molecule has 0 bridgehead atoms. The Morgan fingerprint density at radius 2 is 2.24 bits per heavy atom. The lowest BCUT2D eigenvalue weighted by molar-refractivity contribution is -0.125. The zero-order chi connectivity index (χ0) is 15.6. The molecule has 2 rings (SSSR count). The number of carbonyl (C=O) groups excluding carboxylic acids is 1. The summed E-state index contributed by atoms with van der Waals surface area (Å²) in [5.74, 6) is 0.670. The van der Waals surface area contributed by atoms with Gasteiger partial charge in [0, 0.05) is 31.2 Å². The highest BCUT2D eigenvalue weighted by Crippen LogP contribution is 2.18. The number of aryl methyl sites for hydroxylation is 2. The Morgan fingerprint density at radius 3 is 2.81 bits per heavy atom. The quantitative estimate of drug-likeness (QED) is 0.880. The molecule has 2 heterocycles. The summed E-state index contributed by atoms with van der Waals surface area (Å²) in [6.45, 7) is 10.2. The summed E-state index contributed by atoms with van der Waals surface area (Å²) < 4.78 is 1.89. The second-order valence-electron chi connectivity index (χ2n) is 6.46. The van der Waals surface area contributed by atoms with Crippen LogP contribution in [0, 0.1) is 25.7 Å². The molecule has 118 valence electrons. The molecule has 1 aliphatic heterocycles. The minimum Gasteiger partial charge on any atom is -0.352 e. The number of nitrogens with one attached hydrogen (secondary N) is 2. The number of piperidine rings is 1. The minimum atomic E-state index is -0.0271. The average Bonchev–Trinajstić information content (AvgIpc) is 2.67. The second kappa shape index (κ2) is 6.60. The molecule has 0 saturated carbocycles. The van der Waals surface area contributed by atoms with Crippen LogP contribution in [-0.4, -0.2) is 34.8 Å². The highest BCUT2D eigenvalue weighted by atomic mass is 16.1. The van der Waals surface area contributed by atoms with Crippen LogP contribution in [0.25, 0.3) is 0 Å². The Labute approximate surface area is 127 Å². The molecular formula is C16H28N4O. The normalized spacial score (nSPS) is 23.9. The first-order valence-corrected chi connectivity index (χ1v) is 7.90. The van der Waals surface area contributed by atoms with Crippen molar-refractivity contribution in [3.05, 3.63) is 17.0 Å². The van der Waals surface area contributed by atoms with Gasteiger partial charge in [0.1, 0.15) is 0 Å². The highest BCUT2D eigenvalue weighted by molar-refractivity contribution is 5.79. The molecule has 0 aromatic carbocycles. The molecule has 5 nitrogen and oxygen atoms in total. The number of amides is 1. The van der Waals surface area contributed by atoms with Crippen LogP contribution in [0.3, 0.4) is 0 Å². The number of nitrogens with zero attached hydrogens (tertiary/aromatic N) is 2. The van der Waals surface area contributed by atoms with Crippen molar-refractivity contribution in [2.24, 2.45) is 18.9 Å². The largest absolute Gasteiger partial charge is 0.352 e. The lowest BCUT2D eigenvalue weighted by Gasteiger charge is -2.31. The van der Waals surface area contributed by atoms with Gasteiger partial charge in [-0.3, -0.25) is 9.48 Å². The third-order valence-corrected chi connectivity index (χ3v) is 4.77. The molecule has 5 heteroatoms. The Morgan fingerprint density at radius 1 is 1.52 bits per heavy atom. The van der Waals surface area contributed by atoms with Gasteiger partial charge in [-0.1, -0.05) is 13.8 Å². The van der Waals surface area contributed by atoms with Gasteiger partial charge in [-0.25, -0.2) is 0 Å². The summed E-state index contributed by atoms with van der Waals surface area (Å²) in [4.78, 5) is 12.4. The van der Waals surface area contributed by atoms with Gasteiger partial charge in [-0.05, 0) is 44.7 Å². The van der Waals surface area contributed by atoms with E-state index in [9.17, 15) is 4.79 Å². The van der Waals surface area contributed by atoms with Crippen LogP contribution < -0.4 is 10.6 Å². The summed E-state index contributed by atoms with van der Waals surface area (Å²) in [6, 6.07) is 0.254. The summed E-state index contributed by atoms with van der Waals surface area (Å²) in [5.41, 5.74) is 3.39. The molecule has 1 aromatic rings. The summed E-state index contributed by atoms with van der Waals surface area (Å²) >= 11 is 0. The number of carbonyl (C=O) groups is 1. The van der Waals surface area contributed by atoms with E-state index in [1.165, 1.54) is 5.56 Å². The Balaban J connectivity index is 1.96. The van der Waals surface area contributed by atoms with E-state index in [1.54, 1.807) is 0 Å². The Bertz CT molecular complexity index is 509. The number of hydrogen-bond donors (Lipinski definition) is 2. The third kappa shape index (κ3) is 3.64. The van der Waals surface area contributed by atoms with Crippen LogP contribution in [0.5, 0.6) is 0 Å². The van der Waals surface area contributed by atoms with Crippen molar-refractivity contribution in [3.63, 3.8) is 0 Å². The van der Waals surface area contributed by atoms with E-state index >= 15 is 0 Å². The van der Waals surface area contributed by atoms with E-state index in [0.717, 1.165) is 37.3 Å². The van der Waals surface area contributed by atoms with Crippen LogP contribution in [0.15, 0.2) is 0 Å². The lowest BCUT2D eigenvalue weighted by Crippen LogP contribution is -2.51. The Hall–Kier alpha value is -1.36. The fourth-order valence-corrected chi connectivity index (χ4v) is 3.02. The van der Waals surface area contributed by atoms with Crippen molar-refractivity contribution in [2.45, 2.75) is 46.6 Å². The summed E-state index contributed by atoms with van der Waals surface area (Å²) in [6.07, 6.45) is 1.88. The summed E-state index contributed by atoms with van der Waals surface area (Å²) in [5, 5.41) is 11.0. The van der Waals surface area contributed by atoms with E-state index in [-0.39, 0.29) is 17.9 Å². The SMILES string of the molecule is Cc1nn(C)c(C)c1CC(C)C(=O)NC1CNCCC1C. The summed E-state index contributed by atoms with van der Waals surface area (Å²) in [7, 11) is 1.95. The minimum absolute atomic E-state index is 0.0271. The van der Waals surface area contributed by atoms with Crippen LogP contribution in [0.4, 0.5) is 0 Å². The molecule has 1 amide bonds. The van der Waals surface area contributed by atoms with E-state index in [1.807, 2.05) is 25.6 Å². The van der Waals surface area contributed by atoms with Gasteiger partial charge in [0.05, 0.1) is 5.69 Å². The maximum atomic E-state index is 12.4. The van der Waals surface area contributed by atoms with Crippen molar-refractivity contribution in [2.75, 3.05) is 13.1 Å². The zero-order valence-corrected chi connectivity index (χ0v) is 13.9. The fourth-order valence-electron chi connectivity index (χ4n) is 3.02. The molecule has 1 aromatic heterocycles. The van der Waals surface area contributed by atoms with Gasteiger partial charge in [-0.2, -0.15) is 5.10 Å². The van der Waals surface area contributed by atoms with Gasteiger partial charge < -0.3 is 10.6 Å². The van der Waals surface area contributed by atoms with Crippen LogP contribution in [-0.2, 0) is 18.3 Å². The van der Waals surface area contributed by atoms with Gasteiger partial charge >= 0.3 is 0 Å². The van der Waals surface area contributed by atoms with Crippen molar-refractivity contribution < 1.29 is 4.79 Å². The number of rotatable bonds is 4. The number of aromatic nitrogens is 2. The van der Waals surface area contributed by atoms with Gasteiger partial charge in [-0.15, -0.1) is 0 Å². The standard InChI is InChI=1S/C16H28N4O/c1-10-6-7-17-9-15(10)18-16(21)11(2)8-14-12(3)19-20(5)13(14)4/h10-11,15,17H,6-9H2,1-5H3,(H,18,21). The predicted octanol–water partition coefficient (Wildman–Crippen LogP) is 1.33. The molecule has 3 atom stereocenters. The highest BCUT2D eigenvalue weighted by Gasteiger charge is 2.25. The monoisotopic (exact) mass is 292 g/mol. The van der Waals surface area contributed by atoms with Crippen LogP contribution in [0.2, 0.25) is 0 Å². The van der Waals surface area contributed by atoms with E-state index in [0.29, 0.717) is 5.92 Å². The molecule has 3 unspecified atom stereocenters. The van der Waals surface area contributed by atoms with Crippen molar-refractivity contribution >= 4 is 5.91 Å². The first-order valence-electron chi connectivity index (χ1n) is 7.90.